The van der Waals surface area contributed by atoms with E-state index in [-0.39, 0.29) is 32.0 Å². The van der Waals surface area contributed by atoms with Gasteiger partial charge in [-0.15, -0.1) is 0 Å². The first-order valence-corrected chi connectivity index (χ1v) is 7.22. The highest BCUT2D eigenvalue weighted by atomic mass is 16.5. The quantitative estimate of drug-likeness (QED) is 0.731. The molecule has 0 bridgehead atoms. The summed E-state index contributed by atoms with van der Waals surface area (Å²) in [7, 11) is 0. The van der Waals surface area contributed by atoms with Gasteiger partial charge in [0.25, 0.3) is 0 Å². The van der Waals surface area contributed by atoms with Gasteiger partial charge in [0.15, 0.2) is 0 Å². The van der Waals surface area contributed by atoms with E-state index in [4.69, 9.17) is 9.47 Å². The molecular weight excluding hydrogens is 286 g/mol. The Morgan fingerprint density at radius 1 is 1.05 bits per heavy atom. The predicted molar refractivity (Wildman–Crippen MR) is 80.0 cm³/mol. The highest BCUT2D eigenvalue weighted by molar-refractivity contribution is 5.88. The van der Waals surface area contributed by atoms with Gasteiger partial charge in [-0.25, -0.2) is 4.79 Å². The number of ether oxygens (including phenoxy) is 2. The molecule has 0 spiro atoms. The molecule has 1 aromatic rings. The monoisotopic (exact) mass is 307 g/mol. The van der Waals surface area contributed by atoms with Gasteiger partial charge in [-0.1, -0.05) is 30.3 Å². The fourth-order valence-electron chi connectivity index (χ4n) is 1.85. The van der Waals surface area contributed by atoms with Crippen LogP contribution < -0.4 is 5.32 Å². The summed E-state index contributed by atoms with van der Waals surface area (Å²) < 4.78 is 9.68. The summed E-state index contributed by atoms with van der Waals surface area (Å²) in [6, 6.07) is 8.09. The van der Waals surface area contributed by atoms with Gasteiger partial charge in [0.2, 0.25) is 5.91 Å². The van der Waals surface area contributed by atoms with Crippen molar-refractivity contribution in [2.45, 2.75) is 32.7 Å². The van der Waals surface area contributed by atoms with Crippen molar-refractivity contribution in [3.8, 4) is 0 Å². The average Bonchev–Trinajstić information content (AvgIpc) is 2.48. The zero-order valence-corrected chi connectivity index (χ0v) is 12.8. The topological polar surface area (TPSA) is 81.7 Å². The Bertz CT molecular complexity index is 501. The van der Waals surface area contributed by atoms with Crippen LogP contribution in [0.1, 0.15) is 25.8 Å². The highest BCUT2D eigenvalue weighted by Gasteiger charge is 2.25. The van der Waals surface area contributed by atoms with E-state index in [0.29, 0.717) is 0 Å². The summed E-state index contributed by atoms with van der Waals surface area (Å²) >= 11 is 0. The van der Waals surface area contributed by atoms with E-state index in [1.807, 2.05) is 30.3 Å². The van der Waals surface area contributed by atoms with E-state index >= 15 is 0 Å². The van der Waals surface area contributed by atoms with Crippen molar-refractivity contribution in [2.75, 3.05) is 13.2 Å². The second-order valence-electron chi connectivity index (χ2n) is 4.54. The van der Waals surface area contributed by atoms with Gasteiger partial charge in [-0.2, -0.15) is 0 Å². The summed E-state index contributed by atoms with van der Waals surface area (Å²) in [4.78, 5) is 35.3. The molecule has 0 aliphatic heterocycles. The maximum absolute atomic E-state index is 12.0. The fourth-order valence-corrected chi connectivity index (χ4v) is 1.85. The van der Waals surface area contributed by atoms with Crippen LogP contribution in [-0.4, -0.2) is 37.1 Å². The van der Waals surface area contributed by atoms with Crippen molar-refractivity contribution in [3.05, 3.63) is 35.9 Å². The summed E-state index contributed by atoms with van der Waals surface area (Å²) in [6.07, 6.45) is -0.118. The molecule has 0 aliphatic rings. The standard InChI is InChI=1S/C16H21NO5/c1-3-21-15(19)11-13(16(20)22-4-2)17-14(18)10-12-8-6-5-7-9-12/h5-9,13H,3-4,10-11H2,1-2H3,(H,17,18)/t13-/m0/s1. The first kappa shape index (κ1) is 17.7. The van der Waals surface area contributed by atoms with Gasteiger partial charge < -0.3 is 14.8 Å². The molecule has 0 heterocycles. The number of benzene rings is 1. The molecule has 0 radical (unpaired) electrons. The Balaban J connectivity index is 2.64. The molecule has 0 saturated carbocycles. The number of nitrogens with one attached hydrogen (secondary N) is 1. The molecule has 0 saturated heterocycles. The lowest BCUT2D eigenvalue weighted by molar-refractivity contribution is -0.153. The molecule has 0 unspecified atom stereocenters. The summed E-state index contributed by atoms with van der Waals surface area (Å²) in [5, 5.41) is 2.53. The number of rotatable bonds is 8. The van der Waals surface area contributed by atoms with Crippen LogP contribution >= 0.6 is 0 Å². The van der Waals surface area contributed by atoms with Crippen molar-refractivity contribution in [1.29, 1.82) is 0 Å². The smallest absolute Gasteiger partial charge is 0.329 e. The maximum atomic E-state index is 12.0. The third kappa shape index (κ3) is 6.39. The van der Waals surface area contributed by atoms with Crippen LogP contribution in [0.15, 0.2) is 30.3 Å². The van der Waals surface area contributed by atoms with E-state index in [1.165, 1.54) is 0 Å². The van der Waals surface area contributed by atoms with Crippen molar-refractivity contribution in [3.63, 3.8) is 0 Å². The highest BCUT2D eigenvalue weighted by Crippen LogP contribution is 2.03. The van der Waals surface area contributed by atoms with Crippen molar-refractivity contribution >= 4 is 17.8 Å². The number of amides is 1. The third-order valence-electron chi connectivity index (χ3n) is 2.79. The Morgan fingerprint density at radius 3 is 2.27 bits per heavy atom. The number of hydrogen-bond acceptors (Lipinski definition) is 5. The Kier molecular flexibility index (Phi) is 7.67. The predicted octanol–water partition coefficient (Wildman–Crippen LogP) is 1.23. The molecule has 1 amide bonds. The molecule has 0 aliphatic carbocycles. The molecule has 120 valence electrons. The molecular formula is C16H21NO5. The summed E-state index contributed by atoms with van der Waals surface area (Å²) in [5.41, 5.74) is 0.818. The molecule has 6 heteroatoms. The van der Waals surface area contributed by atoms with Crippen molar-refractivity contribution in [2.24, 2.45) is 0 Å². The molecule has 6 nitrogen and oxygen atoms in total. The van der Waals surface area contributed by atoms with Crippen LogP contribution in [-0.2, 0) is 30.3 Å². The lowest BCUT2D eigenvalue weighted by Gasteiger charge is -2.16. The lowest BCUT2D eigenvalue weighted by Crippen LogP contribution is -2.44. The van der Waals surface area contributed by atoms with Gasteiger partial charge in [-0.3, -0.25) is 9.59 Å². The van der Waals surface area contributed by atoms with Gasteiger partial charge in [0, 0.05) is 0 Å². The van der Waals surface area contributed by atoms with Gasteiger partial charge in [-0.05, 0) is 19.4 Å². The normalized spacial score (nSPS) is 11.4. The maximum Gasteiger partial charge on any atom is 0.329 e. The van der Waals surface area contributed by atoms with Crippen molar-refractivity contribution < 1.29 is 23.9 Å². The van der Waals surface area contributed by atoms with Crippen LogP contribution in [0.3, 0.4) is 0 Å². The number of hydrogen-bond donors (Lipinski definition) is 1. The Labute approximate surface area is 129 Å². The minimum absolute atomic E-state index is 0.125. The van der Waals surface area contributed by atoms with E-state index < -0.39 is 18.0 Å². The van der Waals surface area contributed by atoms with Crippen LogP contribution in [0.5, 0.6) is 0 Å². The van der Waals surface area contributed by atoms with E-state index in [2.05, 4.69) is 5.32 Å². The van der Waals surface area contributed by atoms with Crippen molar-refractivity contribution in [1.82, 2.24) is 5.32 Å². The third-order valence-corrected chi connectivity index (χ3v) is 2.79. The minimum Gasteiger partial charge on any atom is -0.466 e. The summed E-state index contributed by atoms with van der Waals surface area (Å²) in [6.45, 7) is 3.72. The minimum atomic E-state index is -1.03. The first-order chi connectivity index (χ1) is 10.6. The Hall–Kier alpha value is -2.37. The second-order valence-corrected chi connectivity index (χ2v) is 4.54. The molecule has 1 atom stereocenters. The molecule has 1 N–H and O–H groups in total. The molecule has 0 fully saturated rings. The summed E-state index contributed by atoms with van der Waals surface area (Å²) in [5.74, 6) is -1.55. The van der Waals surface area contributed by atoms with Crippen LogP contribution in [0.25, 0.3) is 0 Å². The van der Waals surface area contributed by atoms with E-state index in [1.54, 1.807) is 13.8 Å². The zero-order valence-electron chi connectivity index (χ0n) is 12.8. The Morgan fingerprint density at radius 2 is 1.68 bits per heavy atom. The van der Waals surface area contributed by atoms with E-state index in [0.717, 1.165) is 5.56 Å². The van der Waals surface area contributed by atoms with Crippen LogP contribution in [0, 0.1) is 0 Å². The van der Waals surface area contributed by atoms with Gasteiger partial charge >= 0.3 is 11.9 Å². The largest absolute Gasteiger partial charge is 0.466 e. The molecule has 0 aromatic heterocycles. The van der Waals surface area contributed by atoms with Crippen LogP contribution in [0.4, 0.5) is 0 Å². The average molecular weight is 307 g/mol. The lowest BCUT2D eigenvalue weighted by atomic mass is 10.1. The van der Waals surface area contributed by atoms with Gasteiger partial charge in [0.1, 0.15) is 6.04 Å². The number of carbonyl (C=O) groups is 3. The van der Waals surface area contributed by atoms with Crippen LogP contribution in [0.2, 0.25) is 0 Å². The fraction of sp³-hybridized carbons (Fsp3) is 0.438. The molecule has 1 rings (SSSR count). The number of carbonyl (C=O) groups excluding carboxylic acids is 3. The molecule has 1 aromatic carbocycles. The SMILES string of the molecule is CCOC(=O)C[C@H](NC(=O)Cc1ccccc1)C(=O)OCC. The van der Waals surface area contributed by atoms with E-state index in [9.17, 15) is 14.4 Å². The number of esters is 2. The second kappa shape index (κ2) is 9.55. The van der Waals surface area contributed by atoms with Gasteiger partial charge in [0.05, 0.1) is 26.1 Å². The zero-order chi connectivity index (χ0) is 16.4. The molecule has 22 heavy (non-hydrogen) atoms. The first-order valence-electron chi connectivity index (χ1n) is 7.22.